The molecule has 34 heavy (non-hydrogen) atoms. The van der Waals surface area contributed by atoms with E-state index in [9.17, 15) is 14.7 Å². The molecule has 10 heteroatoms. The van der Waals surface area contributed by atoms with E-state index in [2.05, 4.69) is 55.2 Å². The van der Waals surface area contributed by atoms with Crippen molar-refractivity contribution in [3.8, 4) is 0 Å². The number of nitrogens with one attached hydrogen (secondary N) is 2. The van der Waals surface area contributed by atoms with Crippen LogP contribution < -0.4 is 10.6 Å². The van der Waals surface area contributed by atoms with Gasteiger partial charge in [0.1, 0.15) is 11.7 Å². The van der Waals surface area contributed by atoms with Gasteiger partial charge in [0.15, 0.2) is 0 Å². The van der Waals surface area contributed by atoms with E-state index in [1.165, 1.54) is 25.5 Å². The van der Waals surface area contributed by atoms with Crippen LogP contribution in [-0.4, -0.2) is 63.8 Å². The molecule has 4 fully saturated rings. The van der Waals surface area contributed by atoms with Crippen LogP contribution in [0.1, 0.15) is 71.3 Å². The molecule has 0 aromatic carbocycles. The molecule has 0 spiro atoms. The van der Waals surface area contributed by atoms with Crippen molar-refractivity contribution in [2.24, 2.45) is 23.2 Å². The van der Waals surface area contributed by atoms with E-state index >= 15 is 0 Å². The van der Waals surface area contributed by atoms with Crippen molar-refractivity contribution in [1.29, 1.82) is 0 Å². The lowest BCUT2D eigenvalue weighted by Crippen LogP contribution is -2.65. The molecule has 4 aliphatic rings. The van der Waals surface area contributed by atoms with E-state index < -0.39 is 37.0 Å². The van der Waals surface area contributed by atoms with Gasteiger partial charge in [-0.3, -0.25) is 14.6 Å². The lowest BCUT2D eigenvalue weighted by atomic mass is 9.43. The van der Waals surface area contributed by atoms with Crippen LogP contribution in [0.2, 0.25) is 0 Å². The maximum atomic E-state index is 13.2. The standard InChI is InChI=1S/C24H37BN4O5/c1-13(2)9-19(25-33-18-11-15-10-17(23(15,4)5)24(18,6)34-25)28-22(32)20(14(3)30)29-21(31)16-12-26-7-8-27-16/h7-8,12-15,17-20,30H,9-11H2,1-6H3,(H,28,32)(H,29,31)/t14-,15+,17+,18-,19+,20+,24+/m1/s1. The summed E-state index contributed by atoms with van der Waals surface area (Å²) in [6.45, 7) is 12.4. The number of aromatic nitrogens is 2. The number of aliphatic hydroxyl groups is 1. The fourth-order valence-electron chi connectivity index (χ4n) is 6.13. The lowest BCUT2D eigenvalue weighted by Gasteiger charge is -2.64. The van der Waals surface area contributed by atoms with Gasteiger partial charge in [-0.15, -0.1) is 0 Å². The fraction of sp³-hybridized carbons (Fsp3) is 0.750. The van der Waals surface area contributed by atoms with Gasteiger partial charge in [-0.25, -0.2) is 4.98 Å². The average molecular weight is 472 g/mol. The molecular weight excluding hydrogens is 435 g/mol. The zero-order valence-corrected chi connectivity index (χ0v) is 20.9. The molecule has 1 aliphatic heterocycles. The minimum atomic E-state index is -1.16. The normalized spacial score (nSPS) is 31.8. The SMILES string of the molecule is CC(C)C[C@H](NC(=O)[C@@H](NC(=O)c1cnccn1)[C@@H](C)O)B1O[C@@H]2C[C@@H]3C[C@@H](C3(C)C)[C@]2(C)O1. The second-order valence-electron chi connectivity index (χ2n) is 11.4. The van der Waals surface area contributed by atoms with Gasteiger partial charge >= 0.3 is 7.12 Å². The smallest absolute Gasteiger partial charge is 0.404 e. The van der Waals surface area contributed by atoms with E-state index in [1.54, 1.807) is 0 Å². The summed E-state index contributed by atoms with van der Waals surface area (Å²) in [5, 5.41) is 15.9. The maximum absolute atomic E-state index is 13.2. The van der Waals surface area contributed by atoms with Crippen LogP contribution in [0, 0.1) is 23.2 Å². The molecule has 1 aromatic heterocycles. The highest BCUT2D eigenvalue weighted by molar-refractivity contribution is 6.48. The molecule has 3 aliphatic carbocycles. The molecule has 5 rings (SSSR count). The summed E-state index contributed by atoms with van der Waals surface area (Å²) in [6.07, 6.45) is 5.80. The molecule has 2 heterocycles. The van der Waals surface area contributed by atoms with E-state index in [4.69, 9.17) is 9.31 Å². The first-order chi connectivity index (χ1) is 15.9. The van der Waals surface area contributed by atoms with Crippen molar-refractivity contribution in [1.82, 2.24) is 20.6 Å². The summed E-state index contributed by atoms with van der Waals surface area (Å²) in [7, 11) is -0.582. The molecule has 0 unspecified atom stereocenters. The molecule has 186 valence electrons. The lowest BCUT2D eigenvalue weighted by molar-refractivity contribution is -0.199. The van der Waals surface area contributed by atoms with Crippen molar-refractivity contribution < 1.29 is 24.0 Å². The van der Waals surface area contributed by atoms with Gasteiger partial charge in [-0.2, -0.15) is 0 Å². The summed E-state index contributed by atoms with van der Waals surface area (Å²) in [6, 6.07) is -1.16. The Morgan fingerprint density at radius 2 is 1.94 bits per heavy atom. The van der Waals surface area contributed by atoms with Crippen molar-refractivity contribution in [2.75, 3.05) is 0 Å². The third-order valence-electron chi connectivity index (χ3n) is 8.20. The van der Waals surface area contributed by atoms with Gasteiger partial charge in [-0.1, -0.05) is 27.7 Å². The van der Waals surface area contributed by atoms with Crippen molar-refractivity contribution in [2.45, 2.75) is 90.6 Å². The maximum Gasteiger partial charge on any atom is 0.481 e. The molecule has 0 radical (unpaired) electrons. The largest absolute Gasteiger partial charge is 0.481 e. The number of carbonyl (C=O) groups excluding carboxylic acids is 2. The summed E-state index contributed by atoms with van der Waals surface area (Å²) >= 11 is 0. The van der Waals surface area contributed by atoms with E-state index in [0.717, 1.165) is 12.8 Å². The Bertz CT molecular complexity index is 914. The van der Waals surface area contributed by atoms with Gasteiger partial charge in [0, 0.05) is 12.4 Å². The van der Waals surface area contributed by atoms with E-state index in [1.807, 2.05) is 0 Å². The molecule has 1 aromatic rings. The summed E-state index contributed by atoms with van der Waals surface area (Å²) in [4.78, 5) is 33.6. The third-order valence-corrected chi connectivity index (χ3v) is 8.20. The highest BCUT2D eigenvalue weighted by Gasteiger charge is 2.68. The predicted molar refractivity (Wildman–Crippen MR) is 126 cm³/mol. The second kappa shape index (κ2) is 9.20. The van der Waals surface area contributed by atoms with Gasteiger partial charge in [0.05, 0.1) is 29.9 Å². The molecular formula is C24H37BN4O5. The first-order valence-corrected chi connectivity index (χ1v) is 12.3. The molecule has 9 nitrogen and oxygen atoms in total. The quantitative estimate of drug-likeness (QED) is 0.493. The van der Waals surface area contributed by atoms with Crippen LogP contribution in [0.4, 0.5) is 0 Å². The summed E-state index contributed by atoms with van der Waals surface area (Å²) in [5.41, 5.74) is -0.0875. The van der Waals surface area contributed by atoms with Crippen molar-refractivity contribution in [3.63, 3.8) is 0 Å². The monoisotopic (exact) mass is 472 g/mol. The molecule has 3 saturated carbocycles. The predicted octanol–water partition coefficient (Wildman–Crippen LogP) is 1.75. The Balaban J connectivity index is 1.47. The Morgan fingerprint density at radius 1 is 1.21 bits per heavy atom. The Labute approximate surface area is 201 Å². The first kappa shape index (κ1) is 25.1. The Kier molecular flexibility index (Phi) is 6.79. The third kappa shape index (κ3) is 4.47. The molecule has 2 amide bonds. The summed E-state index contributed by atoms with van der Waals surface area (Å²) < 4.78 is 13.0. The highest BCUT2D eigenvalue weighted by atomic mass is 16.7. The minimum absolute atomic E-state index is 0.00441. The molecule has 2 bridgehead atoms. The zero-order valence-electron chi connectivity index (χ0n) is 20.9. The van der Waals surface area contributed by atoms with Crippen molar-refractivity contribution in [3.05, 3.63) is 24.3 Å². The molecule has 1 saturated heterocycles. The van der Waals surface area contributed by atoms with Gasteiger partial charge < -0.3 is 25.0 Å². The van der Waals surface area contributed by atoms with E-state index in [-0.39, 0.29) is 28.7 Å². The van der Waals surface area contributed by atoms with Crippen LogP contribution in [-0.2, 0) is 14.1 Å². The van der Waals surface area contributed by atoms with E-state index in [0.29, 0.717) is 18.3 Å². The molecule has 7 atom stereocenters. The number of hydrogen-bond donors (Lipinski definition) is 3. The fourth-order valence-corrected chi connectivity index (χ4v) is 6.13. The van der Waals surface area contributed by atoms with Crippen LogP contribution in [0.5, 0.6) is 0 Å². The minimum Gasteiger partial charge on any atom is -0.404 e. The van der Waals surface area contributed by atoms with Crippen LogP contribution in [0.25, 0.3) is 0 Å². The number of aliphatic hydroxyl groups excluding tert-OH is 1. The number of carbonyl (C=O) groups is 2. The second-order valence-corrected chi connectivity index (χ2v) is 11.4. The number of amides is 2. The average Bonchev–Trinajstić information content (AvgIpc) is 3.13. The topological polar surface area (TPSA) is 123 Å². The van der Waals surface area contributed by atoms with Gasteiger partial charge in [-0.05, 0) is 56.3 Å². The highest BCUT2D eigenvalue weighted by Crippen LogP contribution is 2.65. The Hall–Kier alpha value is -2.04. The van der Waals surface area contributed by atoms with Crippen molar-refractivity contribution >= 4 is 18.9 Å². The zero-order chi connectivity index (χ0) is 24.8. The van der Waals surface area contributed by atoms with Gasteiger partial charge in [0.25, 0.3) is 5.91 Å². The van der Waals surface area contributed by atoms with Crippen LogP contribution in [0.3, 0.4) is 0 Å². The van der Waals surface area contributed by atoms with Crippen LogP contribution in [0.15, 0.2) is 18.6 Å². The van der Waals surface area contributed by atoms with Gasteiger partial charge in [0.2, 0.25) is 5.91 Å². The molecule has 3 N–H and O–H groups in total. The number of rotatable bonds is 8. The van der Waals surface area contributed by atoms with Crippen LogP contribution >= 0.6 is 0 Å². The summed E-state index contributed by atoms with van der Waals surface area (Å²) in [5.74, 6) is -0.159. The number of nitrogens with zero attached hydrogens (tertiary/aromatic N) is 2. The Morgan fingerprint density at radius 3 is 2.53 bits per heavy atom. The first-order valence-electron chi connectivity index (χ1n) is 12.3. The number of hydrogen-bond acceptors (Lipinski definition) is 7.